The van der Waals surface area contributed by atoms with Gasteiger partial charge in [-0.25, -0.2) is 9.98 Å². The zero-order valence-electron chi connectivity index (χ0n) is 13.5. The Morgan fingerprint density at radius 3 is 2.52 bits per heavy atom. The van der Waals surface area contributed by atoms with E-state index in [2.05, 4.69) is 44.6 Å². The first-order valence-electron chi connectivity index (χ1n) is 8.52. The van der Waals surface area contributed by atoms with Gasteiger partial charge in [-0.3, -0.25) is 0 Å². The molecule has 8 bridgehead atoms. The molecule has 2 unspecified atom stereocenters. The van der Waals surface area contributed by atoms with Gasteiger partial charge in [-0.05, 0) is 67.5 Å². The summed E-state index contributed by atoms with van der Waals surface area (Å²) in [4.78, 5) is 12.7. The minimum atomic E-state index is 0.150. The molecule has 1 aromatic rings. The molecule has 2 N–H and O–H groups in total. The van der Waals surface area contributed by atoms with Crippen LogP contribution in [0.4, 0.5) is 0 Å². The van der Waals surface area contributed by atoms with Crippen LogP contribution < -0.4 is 16.0 Å². The topological polar surface area (TPSA) is 52.5 Å². The molecule has 2 atom stereocenters. The van der Waals surface area contributed by atoms with Gasteiger partial charge in [0.25, 0.3) is 0 Å². The summed E-state index contributed by atoms with van der Waals surface area (Å²) in [5, 5.41) is 6.42. The first-order valence-corrected chi connectivity index (χ1v) is 8.90. The SMILES string of the molecule is ClC1=C2C=CC(=N2)C=c2ccc([nH]2)=CC2=NC(=CC3CCC1N3)C=C2. The van der Waals surface area contributed by atoms with Crippen molar-refractivity contribution in [2.45, 2.75) is 24.9 Å². The number of aliphatic imine (C=N–C) groups is 2. The van der Waals surface area contributed by atoms with E-state index in [1.54, 1.807) is 0 Å². The van der Waals surface area contributed by atoms with E-state index < -0.39 is 0 Å². The number of H-pyrrole nitrogens is 1. The van der Waals surface area contributed by atoms with Gasteiger partial charge in [0.1, 0.15) is 0 Å². The second-order valence-electron chi connectivity index (χ2n) is 6.63. The van der Waals surface area contributed by atoms with Crippen molar-refractivity contribution in [3.05, 3.63) is 69.6 Å². The molecule has 0 saturated carbocycles. The molecule has 4 aliphatic heterocycles. The maximum atomic E-state index is 6.62. The lowest BCUT2D eigenvalue weighted by Gasteiger charge is -2.12. The fourth-order valence-corrected chi connectivity index (χ4v) is 3.84. The highest BCUT2D eigenvalue weighted by Gasteiger charge is 2.27. The van der Waals surface area contributed by atoms with Crippen LogP contribution in [0.15, 0.2) is 68.9 Å². The highest BCUT2D eigenvalue weighted by molar-refractivity contribution is 6.31. The number of nitrogens with one attached hydrogen (secondary N) is 2. The third kappa shape index (κ3) is 2.88. The molecule has 5 heteroatoms. The van der Waals surface area contributed by atoms with Gasteiger partial charge in [-0.1, -0.05) is 11.6 Å². The third-order valence-electron chi connectivity index (χ3n) is 4.79. The molecule has 124 valence electrons. The summed E-state index contributed by atoms with van der Waals surface area (Å²) in [6.45, 7) is 0. The summed E-state index contributed by atoms with van der Waals surface area (Å²) in [5.74, 6) is 0. The summed E-state index contributed by atoms with van der Waals surface area (Å²) in [7, 11) is 0. The van der Waals surface area contributed by atoms with Crippen LogP contribution in [0.1, 0.15) is 12.8 Å². The fraction of sp³-hybridized carbons (Fsp3) is 0.200. The molecule has 4 nitrogen and oxygen atoms in total. The number of fused-ring (bicyclic) bond motifs is 6. The monoisotopic (exact) mass is 348 g/mol. The Bertz CT molecular complexity index is 1050. The molecular formula is C20H17ClN4. The molecule has 1 fully saturated rings. The smallest absolute Gasteiger partial charge is 0.0798 e. The summed E-state index contributed by atoms with van der Waals surface area (Å²) in [6.07, 6.45) is 16.4. The number of aromatic amines is 1. The minimum absolute atomic E-state index is 0.150. The summed E-state index contributed by atoms with van der Waals surface area (Å²) >= 11 is 6.62. The molecule has 0 radical (unpaired) electrons. The van der Waals surface area contributed by atoms with Crippen LogP contribution in [-0.4, -0.2) is 28.5 Å². The lowest BCUT2D eigenvalue weighted by molar-refractivity contribution is 0.659. The van der Waals surface area contributed by atoms with E-state index in [9.17, 15) is 0 Å². The number of aromatic nitrogens is 1. The average Bonchev–Trinajstić information content (AvgIpc) is 3.36. The van der Waals surface area contributed by atoms with Crippen LogP contribution in [0.3, 0.4) is 0 Å². The average molecular weight is 349 g/mol. The lowest BCUT2D eigenvalue weighted by Crippen LogP contribution is -2.28. The molecule has 1 saturated heterocycles. The quantitative estimate of drug-likeness (QED) is 0.741. The lowest BCUT2D eigenvalue weighted by atomic mass is 10.1. The summed E-state index contributed by atoms with van der Waals surface area (Å²) < 4.78 is 0. The summed E-state index contributed by atoms with van der Waals surface area (Å²) in [6, 6.07) is 4.53. The van der Waals surface area contributed by atoms with Crippen LogP contribution in [0, 0.1) is 0 Å². The van der Waals surface area contributed by atoms with E-state index in [1.807, 2.05) is 30.4 Å². The predicted octanol–water partition coefficient (Wildman–Crippen LogP) is 2.07. The Morgan fingerprint density at radius 2 is 1.68 bits per heavy atom. The van der Waals surface area contributed by atoms with Crippen molar-refractivity contribution in [2.24, 2.45) is 9.98 Å². The molecule has 0 spiro atoms. The number of hydrogen-bond acceptors (Lipinski definition) is 3. The molecule has 25 heavy (non-hydrogen) atoms. The minimum Gasteiger partial charge on any atom is -0.355 e. The standard InChI is InChI=1S/C20H17ClN4/c21-20-18-7-5-16(24-18)10-14-3-1-12(22-14)9-13-2-4-15(23-13)11-17-6-8-19(20)25-17/h1-5,7,9-11,17,19,22,25H,6,8H2. The van der Waals surface area contributed by atoms with Crippen molar-refractivity contribution in [2.75, 3.05) is 0 Å². The second kappa shape index (κ2) is 5.83. The number of nitrogens with zero attached hydrogens (tertiary/aromatic N) is 2. The van der Waals surface area contributed by atoms with Gasteiger partial charge in [0.05, 0.1) is 27.8 Å². The number of allylic oxidation sites excluding steroid dienone is 4. The first-order chi connectivity index (χ1) is 12.2. The molecular weight excluding hydrogens is 332 g/mol. The van der Waals surface area contributed by atoms with Gasteiger partial charge >= 0.3 is 0 Å². The van der Waals surface area contributed by atoms with E-state index in [0.29, 0.717) is 0 Å². The van der Waals surface area contributed by atoms with Gasteiger partial charge in [-0.15, -0.1) is 0 Å². The van der Waals surface area contributed by atoms with Crippen LogP contribution in [0.25, 0.3) is 12.2 Å². The Labute approximate surface area is 150 Å². The highest BCUT2D eigenvalue weighted by atomic mass is 35.5. The fourth-order valence-electron chi connectivity index (χ4n) is 3.56. The predicted molar refractivity (Wildman–Crippen MR) is 103 cm³/mol. The van der Waals surface area contributed by atoms with E-state index in [4.69, 9.17) is 11.6 Å². The van der Waals surface area contributed by atoms with Gasteiger partial charge < -0.3 is 10.3 Å². The Balaban J connectivity index is 1.66. The van der Waals surface area contributed by atoms with E-state index in [0.717, 1.165) is 51.4 Å². The van der Waals surface area contributed by atoms with Crippen LogP contribution in [-0.2, 0) is 0 Å². The van der Waals surface area contributed by atoms with Crippen molar-refractivity contribution in [3.63, 3.8) is 0 Å². The molecule has 5 rings (SSSR count). The molecule has 0 amide bonds. The van der Waals surface area contributed by atoms with Gasteiger partial charge in [-0.2, -0.15) is 0 Å². The van der Waals surface area contributed by atoms with Crippen LogP contribution in [0.5, 0.6) is 0 Å². The molecule has 0 aromatic carbocycles. The summed E-state index contributed by atoms with van der Waals surface area (Å²) in [5.41, 5.74) is 3.72. The van der Waals surface area contributed by atoms with Crippen LogP contribution >= 0.6 is 11.6 Å². The zero-order valence-corrected chi connectivity index (χ0v) is 14.3. The van der Waals surface area contributed by atoms with Crippen molar-refractivity contribution >= 4 is 35.2 Å². The van der Waals surface area contributed by atoms with Crippen molar-refractivity contribution in [1.82, 2.24) is 10.3 Å². The Kier molecular flexibility index (Phi) is 3.47. The van der Waals surface area contributed by atoms with Crippen LogP contribution in [0.2, 0.25) is 0 Å². The third-order valence-corrected chi connectivity index (χ3v) is 5.24. The van der Waals surface area contributed by atoms with E-state index in [1.165, 1.54) is 0 Å². The van der Waals surface area contributed by atoms with Gasteiger partial charge in [0.15, 0.2) is 0 Å². The molecule has 1 aromatic heterocycles. The van der Waals surface area contributed by atoms with Crippen molar-refractivity contribution in [3.8, 4) is 0 Å². The van der Waals surface area contributed by atoms with Gasteiger partial charge in [0.2, 0.25) is 0 Å². The maximum absolute atomic E-state index is 6.62. The maximum Gasteiger partial charge on any atom is 0.0798 e. The first kappa shape index (κ1) is 14.9. The van der Waals surface area contributed by atoms with E-state index in [-0.39, 0.29) is 12.1 Å². The normalized spacial score (nSPS) is 27.0. The highest BCUT2D eigenvalue weighted by Crippen LogP contribution is 2.28. The number of rotatable bonds is 0. The Hall–Kier alpha value is -2.43. The molecule has 0 aliphatic carbocycles. The number of halogens is 1. The Morgan fingerprint density at radius 1 is 0.920 bits per heavy atom. The van der Waals surface area contributed by atoms with Crippen molar-refractivity contribution in [1.29, 1.82) is 0 Å². The largest absolute Gasteiger partial charge is 0.355 e. The molecule has 4 aliphatic rings. The van der Waals surface area contributed by atoms with Gasteiger partial charge in [0, 0.05) is 22.8 Å². The second-order valence-corrected chi connectivity index (χ2v) is 7.03. The zero-order chi connectivity index (χ0) is 16.8. The number of hydrogen-bond donors (Lipinski definition) is 2. The molecule has 5 heterocycles. The van der Waals surface area contributed by atoms with E-state index >= 15 is 0 Å². The van der Waals surface area contributed by atoms with Crippen molar-refractivity contribution < 1.29 is 0 Å².